The van der Waals surface area contributed by atoms with E-state index in [4.69, 9.17) is 20.2 Å². The second-order valence-corrected chi connectivity index (χ2v) is 12.8. The second-order valence-electron chi connectivity index (χ2n) is 12.8. The van der Waals surface area contributed by atoms with E-state index in [0.717, 1.165) is 0 Å². The van der Waals surface area contributed by atoms with Crippen molar-refractivity contribution in [2.45, 2.75) is 60.3 Å². The summed E-state index contributed by atoms with van der Waals surface area (Å²) in [4.78, 5) is 61.1. The van der Waals surface area contributed by atoms with Crippen LogP contribution in [0.15, 0.2) is 48.6 Å². The molecule has 3 amide bonds. The highest BCUT2D eigenvalue weighted by Gasteiger charge is 2.24. The van der Waals surface area contributed by atoms with Crippen LogP contribution in [-0.4, -0.2) is 80.7 Å². The van der Waals surface area contributed by atoms with Gasteiger partial charge in [-0.15, -0.1) is 0 Å². The van der Waals surface area contributed by atoms with Crippen molar-refractivity contribution >= 4 is 57.7 Å². The number of anilines is 2. The number of benzene rings is 2. The van der Waals surface area contributed by atoms with Crippen molar-refractivity contribution in [3.05, 3.63) is 82.5 Å². The molecule has 55 heavy (non-hydrogen) atoms. The number of hydrogen-bond donors (Lipinski definition) is 4. The highest BCUT2D eigenvalue weighted by Crippen LogP contribution is 2.34. The van der Waals surface area contributed by atoms with E-state index < -0.39 is 23.7 Å². The molecule has 0 radical (unpaired) electrons. The number of hydrogen-bond acceptors (Lipinski definition) is 10. The number of aromatic nitrogens is 8. The number of imidazole rings is 2. The lowest BCUT2D eigenvalue weighted by atomic mass is 10.1. The number of aromatic carboxylic acids is 1. The molecule has 1 aliphatic rings. The number of nitrogens with zero attached hydrogens (tertiary/aromatic N) is 8. The van der Waals surface area contributed by atoms with Crippen LogP contribution in [0.3, 0.4) is 0 Å². The summed E-state index contributed by atoms with van der Waals surface area (Å²) in [6.45, 7) is 8.89. The van der Waals surface area contributed by atoms with Crippen LogP contribution in [0.2, 0.25) is 0 Å². The second kappa shape index (κ2) is 14.8. The molecule has 0 bridgehead atoms. The highest BCUT2D eigenvalue weighted by molar-refractivity contribution is 6.05. The number of amides is 3. The van der Waals surface area contributed by atoms with Gasteiger partial charge in [0, 0.05) is 38.2 Å². The Morgan fingerprint density at radius 1 is 0.727 bits per heavy atom. The third kappa shape index (κ3) is 7.08. The molecule has 0 saturated heterocycles. The molecule has 7 rings (SSSR count). The number of ether oxygens (including phenoxy) is 2. The van der Waals surface area contributed by atoms with E-state index in [1.54, 1.807) is 44.5 Å². The Labute approximate surface area is 313 Å². The summed E-state index contributed by atoms with van der Waals surface area (Å²) in [5, 5.41) is 24.5. The molecule has 1 aliphatic heterocycles. The van der Waals surface area contributed by atoms with Crippen molar-refractivity contribution in [2.75, 3.05) is 23.8 Å². The van der Waals surface area contributed by atoms with E-state index >= 15 is 0 Å². The summed E-state index contributed by atoms with van der Waals surface area (Å²) < 4.78 is 19.1. The molecule has 0 spiro atoms. The molecule has 5 N–H and O–H groups in total. The lowest BCUT2D eigenvalue weighted by Gasteiger charge is -2.13. The van der Waals surface area contributed by atoms with Crippen LogP contribution in [0.5, 0.6) is 11.5 Å². The monoisotopic (exact) mass is 749 g/mol. The summed E-state index contributed by atoms with van der Waals surface area (Å²) >= 11 is 0. The van der Waals surface area contributed by atoms with Crippen molar-refractivity contribution in [2.24, 2.45) is 5.73 Å². The van der Waals surface area contributed by atoms with Gasteiger partial charge in [0.1, 0.15) is 33.9 Å². The summed E-state index contributed by atoms with van der Waals surface area (Å²) in [6.07, 6.45) is 4.01. The number of aryl methyl sites for hydroxylation is 4. The van der Waals surface area contributed by atoms with Gasteiger partial charge in [-0.05, 0) is 64.1 Å². The van der Waals surface area contributed by atoms with Crippen molar-refractivity contribution in [1.82, 2.24) is 38.7 Å². The van der Waals surface area contributed by atoms with E-state index in [9.17, 15) is 24.3 Å². The van der Waals surface area contributed by atoms with Gasteiger partial charge in [0.05, 0.1) is 41.2 Å². The van der Waals surface area contributed by atoms with Gasteiger partial charge in [-0.3, -0.25) is 34.4 Å². The predicted molar refractivity (Wildman–Crippen MR) is 201 cm³/mol. The van der Waals surface area contributed by atoms with Crippen LogP contribution in [0.4, 0.5) is 11.9 Å². The maximum Gasteiger partial charge on any atom is 0.335 e. The van der Waals surface area contributed by atoms with Gasteiger partial charge in [-0.25, -0.2) is 14.8 Å². The molecule has 284 valence electrons. The number of carboxylic acid groups (broad SMARTS) is 1. The molecule has 0 unspecified atom stereocenters. The van der Waals surface area contributed by atoms with E-state index in [1.807, 2.05) is 26.0 Å². The number of carboxylic acids is 1. The first kappa shape index (κ1) is 36.4. The van der Waals surface area contributed by atoms with E-state index in [-0.39, 0.29) is 55.1 Å². The summed E-state index contributed by atoms with van der Waals surface area (Å²) in [5.41, 5.74) is 9.50. The van der Waals surface area contributed by atoms with Crippen LogP contribution in [0.25, 0.3) is 22.1 Å². The van der Waals surface area contributed by atoms with E-state index in [2.05, 4.69) is 25.8 Å². The van der Waals surface area contributed by atoms with Gasteiger partial charge in [-0.1, -0.05) is 12.2 Å². The molecule has 18 nitrogen and oxygen atoms in total. The molecule has 5 heterocycles. The van der Waals surface area contributed by atoms with Gasteiger partial charge in [0.15, 0.2) is 0 Å². The molecule has 0 fully saturated rings. The third-order valence-corrected chi connectivity index (χ3v) is 9.01. The normalized spacial score (nSPS) is 13.7. The number of carbonyl (C=O) groups is 4. The SMILES string of the molecule is CCn1nc(C)cc1C(=O)Nc1nc2cc(C(N)=O)cc3c2n1C/C=C/Cn1c(NC(=O)c2cc(C)nn2CC)nc2cc(C(=O)O)cc(c21)OCCCO3. The number of primary amides is 1. The Kier molecular flexibility index (Phi) is 9.79. The molecule has 0 atom stereocenters. The number of nitrogens with two attached hydrogens (primary N) is 1. The smallest absolute Gasteiger partial charge is 0.335 e. The largest absolute Gasteiger partial charge is 0.491 e. The minimum Gasteiger partial charge on any atom is -0.491 e. The van der Waals surface area contributed by atoms with Gasteiger partial charge >= 0.3 is 5.97 Å². The number of rotatable bonds is 8. The molecule has 6 aromatic rings. The fourth-order valence-corrected chi connectivity index (χ4v) is 6.55. The number of nitrogens with one attached hydrogen (secondary N) is 2. The zero-order valence-corrected chi connectivity index (χ0v) is 30.6. The molecular formula is C37H39N11O7. The van der Waals surface area contributed by atoms with Gasteiger partial charge in [0.2, 0.25) is 17.8 Å². The quantitative estimate of drug-likeness (QED) is 0.162. The highest BCUT2D eigenvalue weighted by atomic mass is 16.5. The average Bonchev–Trinajstić information content (AvgIpc) is 3.91. The van der Waals surface area contributed by atoms with Gasteiger partial charge in [0.25, 0.3) is 11.8 Å². The zero-order valence-electron chi connectivity index (χ0n) is 30.6. The number of carbonyl (C=O) groups excluding carboxylic acids is 3. The van der Waals surface area contributed by atoms with Crippen LogP contribution in [-0.2, 0) is 26.2 Å². The number of allylic oxidation sites excluding steroid dienone is 2. The summed E-state index contributed by atoms with van der Waals surface area (Å²) in [7, 11) is 0. The maximum absolute atomic E-state index is 13.6. The van der Waals surface area contributed by atoms with Crippen molar-refractivity contribution in [3.8, 4) is 11.5 Å². The minimum atomic E-state index is -1.17. The third-order valence-electron chi connectivity index (χ3n) is 9.01. The first-order valence-electron chi connectivity index (χ1n) is 17.7. The van der Waals surface area contributed by atoms with Crippen LogP contribution >= 0.6 is 0 Å². The molecule has 18 heteroatoms. The first-order chi connectivity index (χ1) is 26.4. The Balaban J connectivity index is 1.32. The van der Waals surface area contributed by atoms with Crippen LogP contribution in [0.1, 0.15) is 73.3 Å². The van der Waals surface area contributed by atoms with Crippen LogP contribution in [0, 0.1) is 13.8 Å². The van der Waals surface area contributed by atoms with Crippen molar-refractivity contribution < 1.29 is 33.8 Å². The Hall–Kier alpha value is -6.98. The fraction of sp³-hybridized carbons (Fsp3) is 0.297. The maximum atomic E-state index is 13.6. The first-order valence-corrected chi connectivity index (χ1v) is 17.7. The molecular weight excluding hydrogens is 710 g/mol. The fourth-order valence-electron chi connectivity index (χ4n) is 6.55. The van der Waals surface area contributed by atoms with E-state index in [0.29, 0.717) is 70.1 Å². The van der Waals surface area contributed by atoms with Crippen LogP contribution < -0.4 is 25.8 Å². The predicted octanol–water partition coefficient (Wildman–Crippen LogP) is 4.16. The summed E-state index contributed by atoms with van der Waals surface area (Å²) in [5.74, 6) is -1.81. The van der Waals surface area contributed by atoms with Gasteiger partial charge < -0.3 is 29.4 Å². The summed E-state index contributed by atoms with van der Waals surface area (Å²) in [6, 6.07) is 9.28. The average molecular weight is 750 g/mol. The molecule has 4 aromatic heterocycles. The molecule has 0 saturated carbocycles. The van der Waals surface area contributed by atoms with Crippen molar-refractivity contribution in [1.29, 1.82) is 0 Å². The van der Waals surface area contributed by atoms with E-state index in [1.165, 1.54) is 24.3 Å². The Morgan fingerprint density at radius 2 is 1.18 bits per heavy atom. The topological polar surface area (TPSA) is 228 Å². The zero-order chi connectivity index (χ0) is 39.0. The lowest BCUT2D eigenvalue weighted by Crippen LogP contribution is -2.20. The lowest BCUT2D eigenvalue weighted by molar-refractivity contribution is 0.0695. The standard InChI is InChI=1S/C37H39N11O7/c1-5-47-26(14-20(3)43-47)33(50)41-36-39-24-16-22(32(38)49)18-28-30(24)45(36)10-7-8-11-46-31-25(17-23(35(52)53)19-29(31)55-13-9-12-54-28)40-37(46)42-34(51)27-15-21(4)44-48(27)6-2/h7-8,14-19H,5-6,9-13H2,1-4H3,(H2,38,49)(H,52,53)(H,39,41,50)(H,40,42,51)/b8-7+. The van der Waals surface area contributed by atoms with Crippen molar-refractivity contribution in [3.63, 3.8) is 0 Å². The molecule has 2 aromatic carbocycles. The van der Waals surface area contributed by atoms with Gasteiger partial charge in [-0.2, -0.15) is 10.2 Å². The molecule has 0 aliphatic carbocycles. The Morgan fingerprint density at radius 3 is 1.62 bits per heavy atom. The minimum absolute atomic E-state index is 0.0429. The Bertz CT molecular complexity index is 2370.